The van der Waals surface area contributed by atoms with Gasteiger partial charge < -0.3 is 5.32 Å². The summed E-state index contributed by atoms with van der Waals surface area (Å²) in [4.78, 5) is 4.18. The molecule has 16 heavy (non-hydrogen) atoms. The normalized spacial score (nSPS) is 11.2. The van der Waals surface area contributed by atoms with Crippen LogP contribution in [0, 0.1) is 22.7 Å². The van der Waals surface area contributed by atoms with E-state index >= 15 is 0 Å². The third kappa shape index (κ3) is 3.23. The van der Waals surface area contributed by atoms with Crippen LogP contribution in [0.3, 0.4) is 0 Å². The summed E-state index contributed by atoms with van der Waals surface area (Å²) in [6, 6.07) is 5.67. The van der Waals surface area contributed by atoms with Crippen LogP contribution in [0.25, 0.3) is 0 Å². The van der Waals surface area contributed by atoms with Gasteiger partial charge in [-0.3, -0.25) is 0 Å². The van der Waals surface area contributed by atoms with Crippen molar-refractivity contribution < 1.29 is 0 Å². The fraction of sp³-hybridized carbons (Fsp3) is 0.538. The number of rotatable bonds is 4. The van der Waals surface area contributed by atoms with Crippen molar-refractivity contribution in [2.24, 2.45) is 11.3 Å². The standard InChI is InChI=1S/C13H19N3/c1-10(2)13(3,4)9-16-12-6-5-11(7-14)8-15-12/h5-6,8,10H,9H2,1-4H3,(H,15,16). The van der Waals surface area contributed by atoms with E-state index in [4.69, 9.17) is 5.26 Å². The molecule has 0 spiro atoms. The Bertz CT molecular complexity index is 371. The molecule has 0 amide bonds. The third-order valence-corrected chi connectivity index (χ3v) is 3.18. The summed E-state index contributed by atoms with van der Waals surface area (Å²) >= 11 is 0. The molecule has 3 heteroatoms. The molecule has 0 saturated carbocycles. The Kier molecular flexibility index (Phi) is 3.89. The fourth-order valence-corrected chi connectivity index (χ4v) is 1.09. The van der Waals surface area contributed by atoms with Crippen LogP contribution < -0.4 is 5.32 Å². The molecule has 3 nitrogen and oxygen atoms in total. The molecular weight excluding hydrogens is 198 g/mol. The summed E-state index contributed by atoms with van der Waals surface area (Å²) in [5, 5.41) is 11.9. The number of nitrogens with one attached hydrogen (secondary N) is 1. The molecule has 0 atom stereocenters. The molecule has 0 radical (unpaired) electrons. The smallest absolute Gasteiger partial charge is 0.125 e. The Morgan fingerprint density at radius 3 is 2.56 bits per heavy atom. The molecule has 1 aromatic rings. The molecule has 0 bridgehead atoms. The Morgan fingerprint density at radius 1 is 1.44 bits per heavy atom. The Hall–Kier alpha value is -1.56. The average molecular weight is 217 g/mol. The van der Waals surface area contributed by atoms with Crippen molar-refractivity contribution >= 4 is 5.82 Å². The molecule has 86 valence electrons. The number of nitrogens with zero attached hydrogens (tertiary/aromatic N) is 2. The second-order valence-corrected chi connectivity index (χ2v) is 5.04. The van der Waals surface area contributed by atoms with E-state index in [2.05, 4.69) is 44.1 Å². The lowest BCUT2D eigenvalue weighted by atomic mass is 9.81. The van der Waals surface area contributed by atoms with Gasteiger partial charge in [-0.2, -0.15) is 5.26 Å². The highest BCUT2D eigenvalue weighted by Gasteiger charge is 2.21. The first-order valence-electron chi connectivity index (χ1n) is 5.56. The quantitative estimate of drug-likeness (QED) is 0.843. The lowest BCUT2D eigenvalue weighted by molar-refractivity contribution is 0.269. The summed E-state index contributed by atoms with van der Waals surface area (Å²) in [5.41, 5.74) is 0.823. The van der Waals surface area contributed by atoms with Crippen LogP contribution in [0.1, 0.15) is 33.3 Å². The van der Waals surface area contributed by atoms with Gasteiger partial charge in [0, 0.05) is 12.7 Å². The predicted molar refractivity (Wildman–Crippen MR) is 66.1 cm³/mol. The monoisotopic (exact) mass is 217 g/mol. The van der Waals surface area contributed by atoms with E-state index in [9.17, 15) is 0 Å². The van der Waals surface area contributed by atoms with Crippen molar-refractivity contribution in [3.05, 3.63) is 23.9 Å². The van der Waals surface area contributed by atoms with Crippen molar-refractivity contribution in [3.8, 4) is 6.07 Å². The molecule has 1 rings (SSSR count). The number of anilines is 1. The third-order valence-electron chi connectivity index (χ3n) is 3.18. The zero-order valence-electron chi connectivity index (χ0n) is 10.4. The predicted octanol–water partition coefficient (Wildman–Crippen LogP) is 3.05. The van der Waals surface area contributed by atoms with Gasteiger partial charge in [0.2, 0.25) is 0 Å². The minimum Gasteiger partial charge on any atom is -0.370 e. The van der Waals surface area contributed by atoms with Crippen molar-refractivity contribution in [2.45, 2.75) is 27.7 Å². The lowest BCUT2D eigenvalue weighted by Gasteiger charge is -2.29. The van der Waals surface area contributed by atoms with E-state index in [1.807, 2.05) is 6.07 Å². The van der Waals surface area contributed by atoms with E-state index < -0.39 is 0 Å². The SMILES string of the molecule is CC(C)C(C)(C)CNc1ccc(C#N)cn1. The number of aromatic nitrogens is 1. The van der Waals surface area contributed by atoms with Crippen LogP contribution in [0.2, 0.25) is 0 Å². The van der Waals surface area contributed by atoms with E-state index in [0.717, 1.165) is 12.4 Å². The molecule has 0 aliphatic carbocycles. The van der Waals surface area contributed by atoms with E-state index in [0.29, 0.717) is 11.5 Å². The summed E-state index contributed by atoms with van der Waals surface area (Å²) in [6.45, 7) is 9.77. The first-order valence-corrected chi connectivity index (χ1v) is 5.56. The van der Waals surface area contributed by atoms with Crippen LogP contribution >= 0.6 is 0 Å². The maximum absolute atomic E-state index is 8.65. The van der Waals surface area contributed by atoms with E-state index in [1.165, 1.54) is 0 Å². The summed E-state index contributed by atoms with van der Waals surface area (Å²) in [5.74, 6) is 1.44. The van der Waals surface area contributed by atoms with Crippen molar-refractivity contribution in [1.29, 1.82) is 5.26 Å². The molecule has 0 aromatic carbocycles. The fourth-order valence-electron chi connectivity index (χ4n) is 1.09. The van der Waals surface area contributed by atoms with Crippen LogP contribution in [0.4, 0.5) is 5.82 Å². The minimum atomic E-state index is 0.232. The molecule has 1 aromatic heterocycles. The van der Waals surface area contributed by atoms with Crippen molar-refractivity contribution in [3.63, 3.8) is 0 Å². The van der Waals surface area contributed by atoms with Gasteiger partial charge in [0.15, 0.2) is 0 Å². The topological polar surface area (TPSA) is 48.7 Å². The van der Waals surface area contributed by atoms with Crippen LogP contribution in [-0.4, -0.2) is 11.5 Å². The Labute approximate surface area is 97.5 Å². The van der Waals surface area contributed by atoms with Crippen LogP contribution in [0.5, 0.6) is 0 Å². The Morgan fingerprint density at radius 2 is 2.12 bits per heavy atom. The maximum Gasteiger partial charge on any atom is 0.125 e. The Balaban J connectivity index is 2.59. The molecule has 1 N–H and O–H groups in total. The van der Waals surface area contributed by atoms with Gasteiger partial charge in [-0.05, 0) is 23.5 Å². The highest BCUT2D eigenvalue weighted by Crippen LogP contribution is 2.25. The highest BCUT2D eigenvalue weighted by atomic mass is 15.0. The van der Waals surface area contributed by atoms with Gasteiger partial charge in [0.25, 0.3) is 0 Å². The van der Waals surface area contributed by atoms with Gasteiger partial charge in [0.1, 0.15) is 11.9 Å². The molecule has 0 fully saturated rings. The summed E-state index contributed by atoms with van der Waals surface area (Å²) in [6.07, 6.45) is 1.59. The van der Waals surface area contributed by atoms with Gasteiger partial charge >= 0.3 is 0 Å². The maximum atomic E-state index is 8.65. The molecule has 0 aliphatic heterocycles. The van der Waals surface area contributed by atoms with Gasteiger partial charge in [-0.15, -0.1) is 0 Å². The minimum absolute atomic E-state index is 0.232. The van der Waals surface area contributed by atoms with Gasteiger partial charge in [0.05, 0.1) is 5.56 Å². The largest absolute Gasteiger partial charge is 0.370 e. The summed E-state index contributed by atoms with van der Waals surface area (Å²) < 4.78 is 0. The molecular formula is C13H19N3. The zero-order valence-corrected chi connectivity index (χ0v) is 10.4. The van der Waals surface area contributed by atoms with Crippen LogP contribution in [-0.2, 0) is 0 Å². The van der Waals surface area contributed by atoms with Gasteiger partial charge in [-0.25, -0.2) is 4.98 Å². The highest BCUT2D eigenvalue weighted by molar-refractivity contribution is 5.39. The lowest BCUT2D eigenvalue weighted by Crippen LogP contribution is -2.28. The number of nitriles is 1. The van der Waals surface area contributed by atoms with Crippen molar-refractivity contribution in [2.75, 3.05) is 11.9 Å². The summed E-state index contributed by atoms with van der Waals surface area (Å²) in [7, 11) is 0. The van der Waals surface area contributed by atoms with Gasteiger partial charge in [-0.1, -0.05) is 27.7 Å². The zero-order chi connectivity index (χ0) is 12.2. The second kappa shape index (κ2) is 4.98. The number of hydrogen-bond acceptors (Lipinski definition) is 3. The molecule has 1 heterocycles. The van der Waals surface area contributed by atoms with Crippen LogP contribution in [0.15, 0.2) is 18.3 Å². The first-order chi connectivity index (χ1) is 7.45. The average Bonchev–Trinajstić information content (AvgIpc) is 2.27. The molecule has 0 unspecified atom stereocenters. The number of hydrogen-bond donors (Lipinski definition) is 1. The van der Waals surface area contributed by atoms with E-state index in [1.54, 1.807) is 12.3 Å². The number of pyridine rings is 1. The van der Waals surface area contributed by atoms with E-state index in [-0.39, 0.29) is 5.41 Å². The first kappa shape index (κ1) is 12.5. The molecule has 0 aliphatic rings. The van der Waals surface area contributed by atoms with Crippen molar-refractivity contribution in [1.82, 2.24) is 4.98 Å². The molecule has 0 saturated heterocycles. The second-order valence-electron chi connectivity index (χ2n) is 5.04.